The molecule has 1 aromatic rings. The number of hydrogen-bond acceptors (Lipinski definition) is 3. The highest BCUT2D eigenvalue weighted by Gasteiger charge is 2.51. The standard InChI is InChI=1S/C19H30FNOS/c1-13(5-3-6-16(20)18-21-11-12-23-18)14-8-9-15-17(22)7-4-10-19(14,15)2/h11-17,22H,3-10H2,1-2H3/t13?,14-,15+,16?,17+,19-/m1/s1. The molecule has 0 bridgehead atoms. The highest BCUT2D eigenvalue weighted by atomic mass is 32.1. The average molecular weight is 340 g/mol. The summed E-state index contributed by atoms with van der Waals surface area (Å²) in [4.78, 5) is 4.08. The van der Waals surface area contributed by atoms with Crippen molar-refractivity contribution in [3.63, 3.8) is 0 Å². The smallest absolute Gasteiger partial charge is 0.151 e. The van der Waals surface area contributed by atoms with Crippen molar-refractivity contribution < 1.29 is 9.50 Å². The van der Waals surface area contributed by atoms with E-state index in [0.717, 1.165) is 25.7 Å². The highest BCUT2D eigenvalue weighted by molar-refractivity contribution is 7.09. The Bertz CT molecular complexity index is 494. The molecule has 1 heterocycles. The van der Waals surface area contributed by atoms with Crippen LogP contribution in [0.5, 0.6) is 0 Å². The molecule has 130 valence electrons. The molecule has 23 heavy (non-hydrogen) atoms. The summed E-state index contributed by atoms with van der Waals surface area (Å²) in [6.07, 6.45) is 9.13. The van der Waals surface area contributed by atoms with Crippen molar-refractivity contribution in [2.75, 3.05) is 0 Å². The molecule has 0 radical (unpaired) electrons. The Balaban J connectivity index is 1.51. The third-order valence-electron chi connectivity index (χ3n) is 6.69. The Morgan fingerprint density at radius 2 is 2.22 bits per heavy atom. The molecule has 3 rings (SSSR count). The van der Waals surface area contributed by atoms with Gasteiger partial charge in [-0.2, -0.15) is 0 Å². The molecule has 0 aromatic carbocycles. The van der Waals surface area contributed by atoms with Crippen molar-refractivity contribution in [3.8, 4) is 0 Å². The summed E-state index contributed by atoms with van der Waals surface area (Å²) in [7, 11) is 0. The number of fused-ring (bicyclic) bond motifs is 1. The van der Waals surface area contributed by atoms with Gasteiger partial charge in [-0.3, -0.25) is 0 Å². The van der Waals surface area contributed by atoms with Crippen molar-refractivity contribution in [3.05, 3.63) is 16.6 Å². The number of hydrogen-bond donors (Lipinski definition) is 1. The molecule has 2 fully saturated rings. The molecular formula is C19H30FNOS. The van der Waals surface area contributed by atoms with E-state index in [2.05, 4.69) is 18.8 Å². The number of alkyl halides is 1. The SMILES string of the molecule is CC(CCCC(F)c1nccs1)[C@H]1CC[C@H]2[C@@H](O)CCC[C@]12C. The van der Waals surface area contributed by atoms with Gasteiger partial charge >= 0.3 is 0 Å². The van der Waals surface area contributed by atoms with Crippen molar-refractivity contribution in [2.24, 2.45) is 23.2 Å². The van der Waals surface area contributed by atoms with Crippen LogP contribution >= 0.6 is 11.3 Å². The topological polar surface area (TPSA) is 33.1 Å². The van der Waals surface area contributed by atoms with Gasteiger partial charge < -0.3 is 5.11 Å². The summed E-state index contributed by atoms with van der Waals surface area (Å²) < 4.78 is 14.1. The number of aliphatic hydroxyl groups excluding tert-OH is 1. The second-order valence-electron chi connectivity index (χ2n) is 8.00. The van der Waals surface area contributed by atoms with Crippen molar-refractivity contribution in [1.29, 1.82) is 0 Å². The van der Waals surface area contributed by atoms with Gasteiger partial charge in [0.1, 0.15) is 5.01 Å². The maximum atomic E-state index is 14.1. The minimum Gasteiger partial charge on any atom is -0.393 e. The minimum atomic E-state index is -0.898. The highest BCUT2D eigenvalue weighted by Crippen LogP contribution is 2.58. The summed E-state index contributed by atoms with van der Waals surface area (Å²) in [5, 5.41) is 12.8. The van der Waals surface area contributed by atoms with Crippen LogP contribution in [0.15, 0.2) is 11.6 Å². The monoisotopic (exact) mass is 339 g/mol. The Kier molecular flexibility index (Phi) is 5.42. The first-order valence-corrected chi connectivity index (χ1v) is 10.1. The summed E-state index contributed by atoms with van der Waals surface area (Å²) in [6, 6.07) is 0. The largest absolute Gasteiger partial charge is 0.393 e. The zero-order chi connectivity index (χ0) is 16.4. The summed E-state index contributed by atoms with van der Waals surface area (Å²) in [5.41, 5.74) is 0.307. The molecule has 6 atom stereocenters. The van der Waals surface area contributed by atoms with E-state index >= 15 is 0 Å². The fourth-order valence-corrected chi connectivity index (χ4v) is 6.11. The van der Waals surface area contributed by atoms with Crippen LogP contribution in [0.2, 0.25) is 0 Å². The second-order valence-corrected chi connectivity index (χ2v) is 8.93. The lowest BCUT2D eigenvalue weighted by molar-refractivity contribution is -0.0279. The van der Waals surface area contributed by atoms with E-state index < -0.39 is 6.17 Å². The number of rotatable bonds is 6. The van der Waals surface area contributed by atoms with E-state index in [1.807, 2.05) is 5.38 Å². The Morgan fingerprint density at radius 3 is 2.96 bits per heavy atom. The van der Waals surface area contributed by atoms with Gasteiger partial charge in [0.2, 0.25) is 0 Å². The van der Waals surface area contributed by atoms with Crippen LogP contribution in [0, 0.1) is 23.2 Å². The van der Waals surface area contributed by atoms with Gasteiger partial charge in [0.05, 0.1) is 6.10 Å². The minimum absolute atomic E-state index is 0.0916. The zero-order valence-corrected chi connectivity index (χ0v) is 15.2. The first-order chi connectivity index (χ1) is 11.0. The van der Waals surface area contributed by atoms with Crippen LogP contribution in [0.25, 0.3) is 0 Å². The van der Waals surface area contributed by atoms with Gasteiger partial charge in [-0.15, -0.1) is 11.3 Å². The van der Waals surface area contributed by atoms with Crippen LogP contribution in [-0.4, -0.2) is 16.2 Å². The van der Waals surface area contributed by atoms with Crippen LogP contribution in [0.1, 0.15) is 76.4 Å². The quantitative estimate of drug-likeness (QED) is 0.738. The molecule has 0 amide bonds. The Morgan fingerprint density at radius 1 is 1.39 bits per heavy atom. The second kappa shape index (κ2) is 7.18. The van der Waals surface area contributed by atoms with E-state index in [1.54, 1.807) is 6.20 Å². The molecule has 2 saturated carbocycles. The fraction of sp³-hybridized carbons (Fsp3) is 0.842. The number of aromatic nitrogens is 1. The Labute approximate surface area is 143 Å². The molecule has 0 spiro atoms. The first-order valence-electron chi connectivity index (χ1n) is 9.24. The molecule has 2 unspecified atom stereocenters. The van der Waals surface area contributed by atoms with Crippen LogP contribution < -0.4 is 0 Å². The molecule has 0 saturated heterocycles. The number of aliphatic hydroxyl groups is 1. The van der Waals surface area contributed by atoms with Crippen molar-refractivity contribution in [2.45, 2.75) is 77.5 Å². The van der Waals surface area contributed by atoms with E-state index in [-0.39, 0.29) is 6.10 Å². The number of halogens is 1. The fourth-order valence-electron chi connectivity index (χ4n) is 5.46. The predicted octanol–water partition coefficient (Wildman–Crippen LogP) is 5.54. The summed E-state index contributed by atoms with van der Waals surface area (Å²) in [5.74, 6) is 1.81. The van der Waals surface area contributed by atoms with Gasteiger partial charge in [-0.25, -0.2) is 9.37 Å². The lowest BCUT2D eigenvalue weighted by Gasteiger charge is -2.45. The number of thiazole rings is 1. The zero-order valence-electron chi connectivity index (χ0n) is 14.4. The van der Waals surface area contributed by atoms with Crippen LogP contribution in [0.3, 0.4) is 0 Å². The van der Waals surface area contributed by atoms with E-state index in [4.69, 9.17) is 0 Å². The summed E-state index contributed by atoms with van der Waals surface area (Å²) >= 11 is 1.42. The lowest BCUT2D eigenvalue weighted by atomic mass is 9.61. The molecule has 2 aliphatic rings. The first kappa shape index (κ1) is 17.3. The molecule has 0 aliphatic heterocycles. The van der Waals surface area contributed by atoms with Gasteiger partial charge in [-0.05, 0) is 61.7 Å². The van der Waals surface area contributed by atoms with Gasteiger partial charge in [-0.1, -0.05) is 26.7 Å². The van der Waals surface area contributed by atoms with Crippen molar-refractivity contribution >= 4 is 11.3 Å². The molecular weight excluding hydrogens is 309 g/mol. The maximum Gasteiger partial charge on any atom is 0.151 e. The van der Waals surface area contributed by atoms with Gasteiger partial charge in [0.15, 0.2) is 6.17 Å². The molecule has 1 aromatic heterocycles. The van der Waals surface area contributed by atoms with Crippen LogP contribution in [-0.2, 0) is 0 Å². The van der Waals surface area contributed by atoms with E-state index in [1.165, 1.54) is 30.6 Å². The van der Waals surface area contributed by atoms with Gasteiger partial charge in [0.25, 0.3) is 0 Å². The third-order valence-corrected chi connectivity index (χ3v) is 7.55. The maximum absolute atomic E-state index is 14.1. The normalized spacial score (nSPS) is 36.6. The lowest BCUT2D eigenvalue weighted by Crippen LogP contribution is -2.41. The van der Waals surface area contributed by atoms with Crippen LogP contribution in [0.4, 0.5) is 4.39 Å². The van der Waals surface area contributed by atoms with E-state index in [9.17, 15) is 9.50 Å². The molecule has 1 N–H and O–H groups in total. The van der Waals surface area contributed by atoms with Gasteiger partial charge in [0, 0.05) is 11.6 Å². The number of nitrogens with zero attached hydrogens (tertiary/aromatic N) is 1. The third kappa shape index (κ3) is 3.48. The molecule has 4 heteroatoms. The Hall–Kier alpha value is -0.480. The van der Waals surface area contributed by atoms with Crippen molar-refractivity contribution in [1.82, 2.24) is 4.98 Å². The van der Waals surface area contributed by atoms with E-state index in [0.29, 0.717) is 34.6 Å². The summed E-state index contributed by atoms with van der Waals surface area (Å²) in [6.45, 7) is 4.75. The molecule has 2 nitrogen and oxygen atoms in total. The predicted molar refractivity (Wildman–Crippen MR) is 93.2 cm³/mol. The average Bonchev–Trinajstić information content (AvgIpc) is 3.14. The molecule has 2 aliphatic carbocycles.